The van der Waals surface area contributed by atoms with Gasteiger partial charge in [0, 0.05) is 10.4 Å². The summed E-state index contributed by atoms with van der Waals surface area (Å²) in [7, 11) is 0. The number of carbonyl (C=O) groups is 1. The Kier molecular flexibility index (Phi) is 2.13. The Morgan fingerprint density at radius 1 is 1.29 bits per heavy atom. The Hall–Kier alpha value is -1.02. The summed E-state index contributed by atoms with van der Waals surface area (Å²) in [5.41, 5.74) is 0.421. The van der Waals surface area contributed by atoms with Gasteiger partial charge in [0.1, 0.15) is 11.4 Å². The first kappa shape index (κ1) is 11.1. The maximum Gasteiger partial charge on any atom is 0.170 e. The summed E-state index contributed by atoms with van der Waals surface area (Å²) in [5, 5.41) is 0.585. The lowest BCUT2D eigenvalue weighted by Gasteiger charge is -2.40. The van der Waals surface area contributed by atoms with Crippen molar-refractivity contribution in [3.63, 3.8) is 0 Å². The van der Waals surface area contributed by atoms with Crippen LogP contribution < -0.4 is 4.74 Å². The van der Waals surface area contributed by atoms with Gasteiger partial charge in [-0.2, -0.15) is 0 Å². The summed E-state index contributed by atoms with van der Waals surface area (Å²) >= 11 is 5.91. The number of Topliss-reactive ketones (excluding diaryl/α,β-unsaturated/α-hetero) is 1. The van der Waals surface area contributed by atoms with Crippen molar-refractivity contribution in [2.45, 2.75) is 38.7 Å². The van der Waals surface area contributed by atoms with Crippen LogP contribution >= 0.6 is 11.6 Å². The Morgan fingerprint density at radius 2 is 2.00 bits per heavy atom. The summed E-state index contributed by atoms with van der Waals surface area (Å²) < 4.78 is 6.09. The van der Waals surface area contributed by atoms with E-state index in [9.17, 15) is 4.79 Å². The normalized spacial score (nSPS) is 29.5. The zero-order valence-corrected chi connectivity index (χ0v) is 10.8. The number of rotatable bonds is 1. The predicted octanol–water partition coefficient (Wildman–Crippen LogP) is 3.86. The molecule has 1 aromatic rings. The molecule has 1 aliphatic carbocycles. The van der Waals surface area contributed by atoms with Crippen LogP contribution in [-0.4, -0.2) is 11.4 Å². The molecular weight excluding hydrogens is 236 g/mol. The van der Waals surface area contributed by atoms with Crippen LogP contribution in [0.3, 0.4) is 0 Å². The molecule has 90 valence electrons. The van der Waals surface area contributed by atoms with Crippen molar-refractivity contribution < 1.29 is 9.53 Å². The van der Waals surface area contributed by atoms with Crippen LogP contribution in [0.5, 0.6) is 5.75 Å². The molecule has 17 heavy (non-hydrogen) atoms. The average Bonchev–Trinajstić information content (AvgIpc) is 3.00. The van der Waals surface area contributed by atoms with E-state index in [1.807, 2.05) is 0 Å². The Morgan fingerprint density at radius 3 is 2.65 bits per heavy atom. The van der Waals surface area contributed by atoms with Gasteiger partial charge < -0.3 is 4.74 Å². The van der Waals surface area contributed by atoms with E-state index in [4.69, 9.17) is 16.3 Å². The molecule has 1 unspecified atom stereocenters. The van der Waals surface area contributed by atoms with Gasteiger partial charge in [0.05, 0.1) is 12.0 Å². The molecule has 3 rings (SSSR count). The van der Waals surface area contributed by atoms with Crippen molar-refractivity contribution >= 4 is 17.4 Å². The third-order valence-corrected chi connectivity index (χ3v) is 4.59. The molecule has 1 fully saturated rings. The minimum Gasteiger partial charge on any atom is -0.486 e. The van der Waals surface area contributed by atoms with E-state index in [-0.39, 0.29) is 16.8 Å². The Bertz CT molecular complexity index is 505. The second kappa shape index (κ2) is 3.26. The molecular formula is C14H15ClO2. The van der Waals surface area contributed by atoms with E-state index in [2.05, 4.69) is 13.8 Å². The number of fused-ring (bicyclic) bond motifs is 1. The monoisotopic (exact) mass is 250 g/mol. The topological polar surface area (TPSA) is 26.3 Å². The van der Waals surface area contributed by atoms with Gasteiger partial charge in [-0.15, -0.1) is 0 Å². The number of ketones is 1. The third kappa shape index (κ3) is 1.58. The molecule has 1 aliphatic heterocycles. The number of ether oxygens (including phenoxy) is 1. The molecule has 0 spiro atoms. The van der Waals surface area contributed by atoms with Crippen LogP contribution in [0.4, 0.5) is 0 Å². The van der Waals surface area contributed by atoms with Crippen LogP contribution in [0.15, 0.2) is 18.2 Å². The predicted molar refractivity (Wildman–Crippen MR) is 66.8 cm³/mol. The van der Waals surface area contributed by atoms with Gasteiger partial charge in [-0.1, -0.05) is 18.5 Å². The maximum absolute atomic E-state index is 12.2. The first-order valence-electron chi connectivity index (χ1n) is 5.95. The average molecular weight is 251 g/mol. The lowest BCUT2D eigenvalue weighted by molar-refractivity contribution is 0.00423. The first-order chi connectivity index (χ1) is 7.94. The van der Waals surface area contributed by atoms with E-state index in [1.165, 1.54) is 0 Å². The van der Waals surface area contributed by atoms with E-state index in [0.29, 0.717) is 22.8 Å². The highest BCUT2D eigenvalue weighted by atomic mass is 35.5. The molecule has 0 aromatic heterocycles. The molecule has 1 atom stereocenters. The molecule has 0 amide bonds. The summed E-state index contributed by atoms with van der Waals surface area (Å²) in [6, 6.07) is 5.28. The van der Waals surface area contributed by atoms with Crippen LogP contribution in [0.1, 0.15) is 43.5 Å². The molecule has 1 aromatic carbocycles. The summed E-state index contributed by atoms with van der Waals surface area (Å²) in [4.78, 5) is 12.2. The van der Waals surface area contributed by atoms with E-state index in [0.717, 1.165) is 12.8 Å². The number of hydrogen-bond acceptors (Lipinski definition) is 2. The van der Waals surface area contributed by atoms with E-state index in [1.54, 1.807) is 18.2 Å². The van der Waals surface area contributed by atoms with E-state index >= 15 is 0 Å². The summed E-state index contributed by atoms with van der Waals surface area (Å²) in [6.07, 6.45) is 2.73. The van der Waals surface area contributed by atoms with Gasteiger partial charge in [0.2, 0.25) is 0 Å². The van der Waals surface area contributed by atoms with Crippen molar-refractivity contribution in [1.82, 2.24) is 0 Å². The van der Waals surface area contributed by atoms with Gasteiger partial charge in [-0.05, 0) is 38.0 Å². The van der Waals surface area contributed by atoms with E-state index < -0.39 is 0 Å². The third-order valence-electron chi connectivity index (χ3n) is 4.35. The molecule has 0 radical (unpaired) electrons. The van der Waals surface area contributed by atoms with Crippen LogP contribution in [-0.2, 0) is 0 Å². The van der Waals surface area contributed by atoms with Crippen LogP contribution in [0.25, 0.3) is 0 Å². The molecule has 2 nitrogen and oxygen atoms in total. The van der Waals surface area contributed by atoms with Crippen molar-refractivity contribution in [2.24, 2.45) is 5.41 Å². The molecule has 0 saturated heterocycles. The highest BCUT2D eigenvalue weighted by Crippen LogP contribution is 2.58. The highest BCUT2D eigenvalue weighted by molar-refractivity contribution is 6.31. The van der Waals surface area contributed by atoms with Gasteiger partial charge in [0.25, 0.3) is 0 Å². The number of hydrogen-bond donors (Lipinski definition) is 0. The van der Waals surface area contributed by atoms with Gasteiger partial charge in [0.15, 0.2) is 5.78 Å². The second-order valence-corrected chi connectivity index (χ2v) is 6.07. The standard InChI is InChI=1S/C14H15ClO2/c1-13(5-6-13)14(2)8-11(16)10-7-9(15)3-4-12(10)17-14/h3-4,7H,5-6,8H2,1-2H3. The quantitative estimate of drug-likeness (QED) is 0.757. The van der Waals surface area contributed by atoms with Crippen molar-refractivity contribution in [3.8, 4) is 5.75 Å². The van der Waals surface area contributed by atoms with Crippen molar-refractivity contribution in [3.05, 3.63) is 28.8 Å². The zero-order chi connectivity index (χ0) is 12.3. The molecule has 1 saturated carbocycles. The number of halogens is 1. The minimum atomic E-state index is -0.356. The fourth-order valence-corrected chi connectivity index (χ4v) is 2.71. The fourth-order valence-electron chi connectivity index (χ4n) is 2.54. The van der Waals surface area contributed by atoms with Crippen LogP contribution in [0.2, 0.25) is 5.02 Å². The van der Waals surface area contributed by atoms with Gasteiger partial charge in [-0.25, -0.2) is 0 Å². The first-order valence-corrected chi connectivity index (χ1v) is 6.33. The van der Waals surface area contributed by atoms with Crippen molar-refractivity contribution in [1.29, 1.82) is 0 Å². The Balaban J connectivity index is 2.04. The second-order valence-electron chi connectivity index (χ2n) is 5.63. The van der Waals surface area contributed by atoms with Gasteiger partial charge >= 0.3 is 0 Å². The fraction of sp³-hybridized carbons (Fsp3) is 0.500. The maximum atomic E-state index is 12.2. The molecule has 0 bridgehead atoms. The smallest absolute Gasteiger partial charge is 0.170 e. The zero-order valence-electron chi connectivity index (χ0n) is 10.0. The molecule has 1 heterocycles. The highest BCUT2D eigenvalue weighted by Gasteiger charge is 2.57. The van der Waals surface area contributed by atoms with Crippen molar-refractivity contribution in [2.75, 3.05) is 0 Å². The number of benzene rings is 1. The molecule has 0 N–H and O–H groups in total. The molecule has 2 aliphatic rings. The summed E-state index contributed by atoms with van der Waals surface area (Å²) in [6.45, 7) is 4.25. The number of carbonyl (C=O) groups excluding carboxylic acids is 1. The SMILES string of the molecule is CC1(C2(C)CC(=O)c3cc(Cl)ccc3O2)CC1. The summed E-state index contributed by atoms with van der Waals surface area (Å²) in [5.74, 6) is 0.825. The Labute approximate surface area is 106 Å². The van der Waals surface area contributed by atoms with Crippen LogP contribution in [0, 0.1) is 5.41 Å². The minimum absolute atomic E-state index is 0.143. The lowest BCUT2D eigenvalue weighted by atomic mass is 9.80. The molecule has 3 heteroatoms. The van der Waals surface area contributed by atoms with Gasteiger partial charge in [-0.3, -0.25) is 4.79 Å². The lowest BCUT2D eigenvalue weighted by Crippen LogP contribution is -2.46. The largest absolute Gasteiger partial charge is 0.486 e.